The first-order chi connectivity index (χ1) is 12.3. The number of nitrogens with zero attached hydrogens (tertiary/aromatic N) is 1. The molecule has 0 radical (unpaired) electrons. The van der Waals surface area contributed by atoms with Crippen LogP contribution in [0.1, 0.15) is 46.5 Å². The van der Waals surface area contributed by atoms with Crippen molar-refractivity contribution < 1.29 is 22.9 Å². The Balaban J connectivity index is 2.65. The van der Waals surface area contributed by atoms with Crippen LogP contribution in [0, 0.1) is 10.1 Å². The number of para-hydroxylation sites is 1. The first kappa shape index (κ1) is 21.3. The maximum atomic E-state index is 13.4. The van der Waals surface area contributed by atoms with E-state index in [2.05, 4.69) is 0 Å². The van der Waals surface area contributed by atoms with E-state index < -0.39 is 47.3 Å². The van der Waals surface area contributed by atoms with Gasteiger partial charge in [-0.05, 0) is 39.7 Å². The number of hydrogen-bond donors (Lipinski definition) is 2. The molecule has 9 nitrogen and oxygen atoms in total. The van der Waals surface area contributed by atoms with Crippen LogP contribution in [0.2, 0.25) is 0 Å². The Bertz CT molecular complexity index is 864. The molecule has 150 valence electrons. The van der Waals surface area contributed by atoms with Crippen LogP contribution in [-0.2, 0) is 19.4 Å². The number of esters is 1. The largest absolute Gasteiger partial charge is 0.459 e. The second kappa shape index (κ2) is 6.84. The van der Waals surface area contributed by atoms with E-state index in [0.29, 0.717) is 12.8 Å². The molecular weight excluding hydrogens is 374 g/mol. The van der Waals surface area contributed by atoms with Gasteiger partial charge in [0, 0.05) is 6.07 Å². The highest BCUT2D eigenvalue weighted by molar-refractivity contribution is 7.93. The lowest BCUT2D eigenvalue weighted by atomic mass is 9.77. The van der Waals surface area contributed by atoms with E-state index in [9.17, 15) is 23.3 Å². The van der Waals surface area contributed by atoms with E-state index in [1.54, 1.807) is 20.8 Å². The SMILES string of the molecule is CC(C)(C)OC(=O)C1(N)CCCCC1(N)S(=O)(=O)c1ccccc1[N+](=O)[O-]. The van der Waals surface area contributed by atoms with Gasteiger partial charge in [0.2, 0.25) is 9.84 Å². The zero-order chi connectivity index (χ0) is 20.7. The summed E-state index contributed by atoms with van der Waals surface area (Å²) in [5, 5.41) is 11.3. The van der Waals surface area contributed by atoms with Gasteiger partial charge in [-0.1, -0.05) is 25.0 Å². The number of ether oxygens (including phenoxy) is 1. The van der Waals surface area contributed by atoms with E-state index in [0.717, 1.165) is 12.1 Å². The quantitative estimate of drug-likeness (QED) is 0.439. The molecule has 1 saturated carbocycles. The van der Waals surface area contributed by atoms with Gasteiger partial charge in [-0.2, -0.15) is 0 Å². The molecule has 2 atom stereocenters. The molecule has 1 aliphatic carbocycles. The monoisotopic (exact) mass is 399 g/mol. The molecule has 27 heavy (non-hydrogen) atoms. The second-order valence-corrected chi connectivity index (χ2v) is 9.97. The minimum absolute atomic E-state index is 0.00171. The Morgan fingerprint density at radius 1 is 1.19 bits per heavy atom. The Morgan fingerprint density at radius 2 is 1.74 bits per heavy atom. The molecule has 0 heterocycles. The number of carbonyl (C=O) groups excluding carboxylic acids is 1. The van der Waals surface area contributed by atoms with Crippen LogP contribution in [-0.4, -0.2) is 35.3 Å². The molecule has 0 aromatic heterocycles. The molecule has 1 aromatic rings. The van der Waals surface area contributed by atoms with Gasteiger partial charge in [0.25, 0.3) is 5.69 Å². The minimum atomic E-state index is -4.54. The minimum Gasteiger partial charge on any atom is -0.459 e. The molecule has 0 aliphatic heterocycles. The van der Waals surface area contributed by atoms with Gasteiger partial charge in [-0.25, -0.2) is 13.2 Å². The van der Waals surface area contributed by atoms with Crippen LogP contribution in [0.4, 0.5) is 5.69 Å². The summed E-state index contributed by atoms with van der Waals surface area (Å²) in [6.07, 6.45) is 0.786. The van der Waals surface area contributed by atoms with Gasteiger partial charge in [0.05, 0.1) is 4.92 Å². The number of nitro benzene ring substituents is 1. The summed E-state index contributed by atoms with van der Waals surface area (Å²) < 4.78 is 32.1. The number of carbonyl (C=O) groups is 1. The average Bonchev–Trinajstić information content (AvgIpc) is 2.55. The lowest BCUT2D eigenvalue weighted by Crippen LogP contribution is -2.75. The third kappa shape index (κ3) is 3.56. The Morgan fingerprint density at radius 3 is 2.30 bits per heavy atom. The van der Waals surface area contributed by atoms with Crippen molar-refractivity contribution in [3.8, 4) is 0 Å². The third-order valence-electron chi connectivity index (χ3n) is 4.72. The van der Waals surface area contributed by atoms with E-state index in [1.165, 1.54) is 12.1 Å². The molecule has 2 unspecified atom stereocenters. The summed E-state index contributed by atoms with van der Waals surface area (Å²) in [5.41, 5.74) is 9.05. The predicted molar refractivity (Wildman–Crippen MR) is 98.4 cm³/mol. The normalized spacial score (nSPS) is 26.4. The van der Waals surface area contributed by atoms with Crippen molar-refractivity contribution in [2.45, 2.75) is 67.4 Å². The second-order valence-electron chi connectivity index (χ2n) is 7.80. The summed E-state index contributed by atoms with van der Waals surface area (Å²) in [7, 11) is -4.54. The number of nitro groups is 1. The van der Waals surface area contributed by atoms with Crippen molar-refractivity contribution in [2.24, 2.45) is 11.5 Å². The van der Waals surface area contributed by atoms with Crippen LogP contribution in [0.5, 0.6) is 0 Å². The summed E-state index contributed by atoms with van der Waals surface area (Å²) in [6, 6.07) is 4.89. The van der Waals surface area contributed by atoms with E-state index >= 15 is 0 Å². The van der Waals surface area contributed by atoms with Gasteiger partial charge >= 0.3 is 5.97 Å². The molecule has 0 saturated heterocycles. The number of sulfone groups is 1. The first-order valence-corrected chi connectivity index (χ1v) is 10.0. The Labute approximate surface area is 158 Å². The smallest absolute Gasteiger partial charge is 0.329 e. The van der Waals surface area contributed by atoms with Gasteiger partial charge in [-0.15, -0.1) is 0 Å². The molecule has 0 bridgehead atoms. The molecule has 1 fully saturated rings. The maximum absolute atomic E-state index is 13.4. The van der Waals surface area contributed by atoms with Crippen molar-refractivity contribution in [3.05, 3.63) is 34.4 Å². The van der Waals surface area contributed by atoms with Crippen LogP contribution in [0.15, 0.2) is 29.2 Å². The van der Waals surface area contributed by atoms with Gasteiger partial charge < -0.3 is 16.2 Å². The molecule has 0 amide bonds. The molecule has 1 aromatic carbocycles. The van der Waals surface area contributed by atoms with E-state index in [1.807, 2.05) is 0 Å². The van der Waals surface area contributed by atoms with Crippen molar-refractivity contribution in [1.82, 2.24) is 0 Å². The van der Waals surface area contributed by atoms with Crippen LogP contribution in [0.3, 0.4) is 0 Å². The highest BCUT2D eigenvalue weighted by Gasteiger charge is 2.63. The Hall–Kier alpha value is -2.04. The fourth-order valence-electron chi connectivity index (χ4n) is 3.28. The maximum Gasteiger partial charge on any atom is 0.329 e. The van der Waals surface area contributed by atoms with E-state index in [4.69, 9.17) is 16.2 Å². The Kier molecular flexibility index (Phi) is 5.39. The highest BCUT2D eigenvalue weighted by Crippen LogP contribution is 2.43. The van der Waals surface area contributed by atoms with Gasteiger partial charge in [0.15, 0.2) is 4.87 Å². The lowest BCUT2D eigenvalue weighted by molar-refractivity contribution is -0.387. The first-order valence-electron chi connectivity index (χ1n) is 8.55. The molecular formula is C17H25N3O6S. The topological polar surface area (TPSA) is 156 Å². The molecule has 4 N–H and O–H groups in total. The lowest BCUT2D eigenvalue weighted by Gasteiger charge is -2.46. The number of benzene rings is 1. The zero-order valence-corrected chi connectivity index (χ0v) is 16.4. The summed E-state index contributed by atoms with van der Waals surface area (Å²) >= 11 is 0. The predicted octanol–water partition coefficient (Wildman–Crippen LogP) is 1.64. The number of rotatable bonds is 4. The van der Waals surface area contributed by atoms with Gasteiger partial charge in [0.1, 0.15) is 16.0 Å². The fourth-order valence-corrected chi connectivity index (χ4v) is 5.42. The fraction of sp³-hybridized carbons (Fsp3) is 0.588. The molecule has 1 aliphatic rings. The number of nitrogens with two attached hydrogens (primary N) is 2. The van der Waals surface area contributed by atoms with Crippen molar-refractivity contribution in [3.63, 3.8) is 0 Å². The van der Waals surface area contributed by atoms with Gasteiger partial charge in [-0.3, -0.25) is 10.1 Å². The van der Waals surface area contributed by atoms with Crippen molar-refractivity contribution >= 4 is 21.5 Å². The third-order valence-corrected chi connectivity index (χ3v) is 7.17. The average molecular weight is 399 g/mol. The van der Waals surface area contributed by atoms with Crippen LogP contribution in [0.25, 0.3) is 0 Å². The molecule has 10 heteroatoms. The zero-order valence-electron chi connectivity index (χ0n) is 15.6. The van der Waals surface area contributed by atoms with Crippen molar-refractivity contribution in [1.29, 1.82) is 0 Å². The summed E-state index contributed by atoms with van der Waals surface area (Å²) in [5.74, 6) is -0.931. The van der Waals surface area contributed by atoms with E-state index in [-0.39, 0.29) is 12.8 Å². The van der Waals surface area contributed by atoms with Crippen LogP contribution < -0.4 is 11.5 Å². The van der Waals surface area contributed by atoms with Crippen LogP contribution >= 0.6 is 0 Å². The molecule has 0 spiro atoms. The highest BCUT2D eigenvalue weighted by atomic mass is 32.2. The number of hydrogen-bond acceptors (Lipinski definition) is 8. The summed E-state index contributed by atoms with van der Waals surface area (Å²) in [6.45, 7) is 4.89. The summed E-state index contributed by atoms with van der Waals surface area (Å²) in [4.78, 5) is 20.6. The standard InChI is InChI=1S/C17H25N3O6S/c1-15(2,3)26-14(21)16(18)10-6-7-11-17(16,19)27(24,25)13-9-5-4-8-12(13)20(22)23/h4-5,8-9H,6-7,10-11,18-19H2,1-3H3. The molecule has 2 rings (SSSR count). The van der Waals surface area contributed by atoms with Crippen molar-refractivity contribution in [2.75, 3.05) is 0 Å².